The van der Waals surface area contributed by atoms with Gasteiger partial charge in [0.15, 0.2) is 0 Å². The Kier molecular flexibility index (Phi) is 7.10. The molecule has 0 amide bonds. The van der Waals surface area contributed by atoms with Gasteiger partial charge in [0, 0.05) is 13.2 Å². The molecule has 0 radical (unpaired) electrons. The molecule has 8 heteroatoms. The molecule has 1 rings (SSSR count). The number of ether oxygens (including phenoxy) is 1. The zero-order chi connectivity index (χ0) is 15.7. The van der Waals surface area contributed by atoms with Crippen LogP contribution < -0.4 is 21.3 Å². The van der Waals surface area contributed by atoms with Gasteiger partial charge in [0.2, 0.25) is 11.9 Å². The molecular formula is C13H26N6O2. The molecular weight excluding hydrogens is 272 g/mol. The van der Waals surface area contributed by atoms with Crippen molar-refractivity contribution in [3.8, 4) is 6.01 Å². The lowest BCUT2D eigenvalue weighted by Gasteiger charge is -2.24. The summed E-state index contributed by atoms with van der Waals surface area (Å²) in [5.41, 5.74) is 2.42. The molecule has 0 atom stereocenters. The molecule has 0 unspecified atom stereocenters. The van der Waals surface area contributed by atoms with E-state index in [2.05, 4.69) is 39.5 Å². The van der Waals surface area contributed by atoms with Crippen LogP contribution in [0.5, 0.6) is 6.01 Å². The van der Waals surface area contributed by atoms with Gasteiger partial charge in [0.25, 0.3) is 0 Å². The third-order valence-corrected chi connectivity index (χ3v) is 2.92. The van der Waals surface area contributed by atoms with E-state index >= 15 is 0 Å². The van der Waals surface area contributed by atoms with Gasteiger partial charge in [-0.1, -0.05) is 20.8 Å². The SMILES string of the molecule is CCCOc1nc(NN)nc(NCC(C)(C)CCCO)n1. The molecule has 0 aliphatic carbocycles. The average molecular weight is 298 g/mol. The van der Waals surface area contributed by atoms with Gasteiger partial charge in [-0.2, -0.15) is 15.0 Å². The highest BCUT2D eigenvalue weighted by atomic mass is 16.5. The number of aliphatic hydroxyl groups is 1. The van der Waals surface area contributed by atoms with Crippen molar-refractivity contribution in [3.63, 3.8) is 0 Å². The van der Waals surface area contributed by atoms with E-state index < -0.39 is 0 Å². The van der Waals surface area contributed by atoms with Crippen LogP contribution in [0.2, 0.25) is 0 Å². The molecule has 0 saturated carbocycles. The highest BCUT2D eigenvalue weighted by Crippen LogP contribution is 2.22. The lowest BCUT2D eigenvalue weighted by atomic mass is 9.88. The Morgan fingerprint density at radius 2 is 1.95 bits per heavy atom. The summed E-state index contributed by atoms with van der Waals surface area (Å²) in [5, 5.41) is 12.1. The predicted octanol–water partition coefficient (Wildman–Crippen LogP) is 1.16. The van der Waals surface area contributed by atoms with Crippen molar-refractivity contribution in [3.05, 3.63) is 0 Å². The van der Waals surface area contributed by atoms with Gasteiger partial charge in [-0.25, -0.2) is 5.84 Å². The number of hydrogen-bond acceptors (Lipinski definition) is 8. The average Bonchev–Trinajstić information content (AvgIpc) is 2.49. The first kappa shape index (κ1) is 17.4. The first-order valence-electron chi connectivity index (χ1n) is 7.21. The lowest BCUT2D eigenvalue weighted by molar-refractivity contribution is 0.247. The number of hydrazine groups is 1. The van der Waals surface area contributed by atoms with Crippen LogP contribution >= 0.6 is 0 Å². The lowest BCUT2D eigenvalue weighted by Crippen LogP contribution is -2.25. The summed E-state index contributed by atoms with van der Waals surface area (Å²) in [6.07, 6.45) is 2.54. The van der Waals surface area contributed by atoms with Crippen molar-refractivity contribution < 1.29 is 9.84 Å². The van der Waals surface area contributed by atoms with Crippen LogP contribution in [0.4, 0.5) is 11.9 Å². The number of rotatable bonds is 10. The Hall–Kier alpha value is -1.67. The van der Waals surface area contributed by atoms with E-state index in [4.69, 9.17) is 15.7 Å². The molecule has 0 aromatic carbocycles. The second-order valence-corrected chi connectivity index (χ2v) is 5.60. The minimum Gasteiger partial charge on any atom is -0.463 e. The summed E-state index contributed by atoms with van der Waals surface area (Å²) in [6, 6.07) is 0.246. The van der Waals surface area contributed by atoms with E-state index in [0.29, 0.717) is 19.1 Å². The molecule has 0 bridgehead atoms. The van der Waals surface area contributed by atoms with Crippen LogP contribution in [0.25, 0.3) is 0 Å². The maximum atomic E-state index is 8.91. The molecule has 1 heterocycles. The molecule has 1 aromatic heterocycles. The molecule has 0 fully saturated rings. The van der Waals surface area contributed by atoms with Gasteiger partial charge in [-0.05, 0) is 24.7 Å². The Balaban J connectivity index is 2.68. The Morgan fingerprint density at radius 1 is 1.24 bits per heavy atom. The first-order chi connectivity index (χ1) is 10.0. The molecule has 1 aromatic rings. The normalized spacial score (nSPS) is 11.3. The van der Waals surface area contributed by atoms with Crippen molar-refractivity contribution in [1.82, 2.24) is 15.0 Å². The Bertz CT molecular complexity index is 427. The van der Waals surface area contributed by atoms with E-state index in [1.54, 1.807) is 0 Å². The van der Waals surface area contributed by atoms with E-state index in [1.165, 1.54) is 0 Å². The summed E-state index contributed by atoms with van der Waals surface area (Å²) < 4.78 is 5.40. The van der Waals surface area contributed by atoms with Crippen molar-refractivity contribution in [2.45, 2.75) is 40.0 Å². The maximum Gasteiger partial charge on any atom is 0.323 e. The van der Waals surface area contributed by atoms with Crippen molar-refractivity contribution in [2.24, 2.45) is 11.3 Å². The van der Waals surface area contributed by atoms with Gasteiger partial charge >= 0.3 is 6.01 Å². The fraction of sp³-hybridized carbons (Fsp3) is 0.769. The van der Waals surface area contributed by atoms with Gasteiger partial charge < -0.3 is 15.2 Å². The quantitative estimate of drug-likeness (QED) is 0.375. The standard InChI is InChI=1S/C13H26N6O2/c1-4-8-21-12-17-10(16-11(18-12)19-14)15-9-13(2,3)6-5-7-20/h20H,4-9,14H2,1-3H3,(H2,15,16,17,18,19). The van der Waals surface area contributed by atoms with Gasteiger partial charge in [-0.15, -0.1) is 0 Å². The molecule has 8 nitrogen and oxygen atoms in total. The van der Waals surface area contributed by atoms with Crippen LogP contribution in [0, 0.1) is 5.41 Å². The minimum absolute atomic E-state index is 0.0239. The van der Waals surface area contributed by atoms with Gasteiger partial charge in [0.05, 0.1) is 6.61 Å². The molecule has 0 spiro atoms. The third-order valence-electron chi connectivity index (χ3n) is 2.92. The molecule has 0 aliphatic heterocycles. The van der Waals surface area contributed by atoms with Gasteiger partial charge in [-0.3, -0.25) is 5.43 Å². The summed E-state index contributed by atoms with van der Waals surface area (Å²) >= 11 is 0. The van der Waals surface area contributed by atoms with Crippen LogP contribution in [-0.2, 0) is 0 Å². The number of nitrogens with zero attached hydrogens (tertiary/aromatic N) is 3. The fourth-order valence-corrected chi connectivity index (χ4v) is 1.72. The minimum atomic E-state index is 0.0239. The highest BCUT2D eigenvalue weighted by molar-refractivity contribution is 5.35. The van der Waals surface area contributed by atoms with E-state index in [9.17, 15) is 0 Å². The summed E-state index contributed by atoms with van der Waals surface area (Å²) in [4.78, 5) is 12.4. The first-order valence-corrected chi connectivity index (χ1v) is 7.21. The molecule has 21 heavy (non-hydrogen) atoms. The zero-order valence-corrected chi connectivity index (χ0v) is 13.0. The Labute approximate surface area is 125 Å². The van der Waals surface area contributed by atoms with E-state index in [-0.39, 0.29) is 24.0 Å². The Morgan fingerprint density at radius 3 is 2.57 bits per heavy atom. The summed E-state index contributed by atoms with van der Waals surface area (Å²) in [5.74, 6) is 6.02. The molecule has 0 aliphatic rings. The monoisotopic (exact) mass is 298 g/mol. The second-order valence-electron chi connectivity index (χ2n) is 5.60. The van der Waals surface area contributed by atoms with Crippen LogP contribution in [0.15, 0.2) is 0 Å². The highest BCUT2D eigenvalue weighted by Gasteiger charge is 2.18. The van der Waals surface area contributed by atoms with E-state index in [1.807, 2.05) is 6.92 Å². The molecule has 120 valence electrons. The molecule has 5 N–H and O–H groups in total. The second kappa shape index (κ2) is 8.58. The number of aromatic nitrogens is 3. The number of hydrogen-bond donors (Lipinski definition) is 4. The smallest absolute Gasteiger partial charge is 0.323 e. The van der Waals surface area contributed by atoms with Crippen molar-refractivity contribution >= 4 is 11.9 Å². The number of nitrogens with one attached hydrogen (secondary N) is 2. The van der Waals surface area contributed by atoms with Crippen molar-refractivity contribution in [1.29, 1.82) is 0 Å². The predicted molar refractivity (Wildman–Crippen MR) is 82.0 cm³/mol. The molecule has 0 saturated heterocycles. The number of aliphatic hydroxyl groups excluding tert-OH is 1. The maximum absolute atomic E-state index is 8.91. The summed E-state index contributed by atoms with van der Waals surface area (Å²) in [7, 11) is 0. The van der Waals surface area contributed by atoms with Gasteiger partial charge in [0.1, 0.15) is 0 Å². The zero-order valence-electron chi connectivity index (χ0n) is 13.0. The number of nitrogens with two attached hydrogens (primary N) is 1. The third kappa shape index (κ3) is 6.54. The fourth-order valence-electron chi connectivity index (χ4n) is 1.72. The van der Waals surface area contributed by atoms with Crippen LogP contribution in [0.1, 0.15) is 40.0 Å². The van der Waals surface area contributed by atoms with Crippen LogP contribution in [0.3, 0.4) is 0 Å². The largest absolute Gasteiger partial charge is 0.463 e. The number of nitrogen functional groups attached to an aromatic ring is 1. The topological polar surface area (TPSA) is 118 Å². The number of anilines is 2. The van der Waals surface area contributed by atoms with E-state index in [0.717, 1.165) is 19.3 Å². The summed E-state index contributed by atoms with van der Waals surface area (Å²) in [6.45, 7) is 7.65. The van der Waals surface area contributed by atoms with Crippen molar-refractivity contribution in [2.75, 3.05) is 30.5 Å². The van der Waals surface area contributed by atoms with Crippen LogP contribution in [-0.4, -0.2) is 39.8 Å².